The minimum absolute atomic E-state index is 0.0182. The fourth-order valence-corrected chi connectivity index (χ4v) is 5.21. The van der Waals surface area contributed by atoms with Gasteiger partial charge in [-0.3, -0.25) is 4.79 Å². The van der Waals surface area contributed by atoms with Crippen molar-refractivity contribution in [2.45, 2.75) is 22.5 Å². The zero-order valence-corrected chi connectivity index (χ0v) is 19.4. The zero-order valence-electron chi connectivity index (χ0n) is 17.1. The molecule has 0 bridgehead atoms. The maximum Gasteiger partial charge on any atom is 0.416 e. The molecule has 1 heterocycles. The SMILES string of the molecule is O=C(Cn1cc(S(=O)(=O)c2ccc(Cl)cc2)c2ccccc21)Nc1cc(C(F)(F)F)ccc1Cl. The molecule has 3 aromatic carbocycles. The molecule has 0 aliphatic rings. The maximum absolute atomic E-state index is 13.2. The summed E-state index contributed by atoms with van der Waals surface area (Å²) >= 11 is 11.8. The fourth-order valence-electron chi connectivity index (χ4n) is 3.44. The van der Waals surface area contributed by atoms with Gasteiger partial charge in [0.05, 0.1) is 26.1 Å². The number of para-hydroxylation sites is 1. The summed E-state index contributed by atoms with van der Waals surface area (Å²) in [7, 11) is -3.94. The molecular formula is C23H15Cl2F3N2O3S. The average molecular weight is 527 g/mol. The summed E-state index contributed by atoms with van der Waals surface area (Å²) in [4.78, 5) is 12.7. The van der Waals surface area contributed by atoms with E-state index >= 15 is 0 Å². The highest BCUT2D eigenvalue weighted by Crippen LogP contribution is 2.34. The number of benzene rings is 3. The Morgan fingerprint density at radius 3 is 2.32 bits per heavy atom. The van der Waals surface area contributed by atoms with Gasteiger partial charge < -0.3 is 9.88 Å². The van der Waals surface area contributed by atoms with Gasteiger partial charge in [-0.25, -0.2) is 8.42 Å². The van der Waals surface area contributed by atoms with E-state index in [9.17, 15) is 26.4 Å². The lowest BCUT2D eigenvalue weighted by atomic mass is 10.2. The summed E-state index contributed by atoms with van der Waals surface area (Å²) < 4.78 is 66.9. The van der Waals surface area contributed by atoms with Crippen molar-refractivity contribution in [2.75, 3.05) is 5.32 Å². The molecule has 0 atom stereocenters. The lowest BCUT2D eigenvalue weighted by Crippen LogP contribution is -2.19. The van der Waals surface area contributed by atoms with Crippen molar-refractivity contribution in [1.29, 1.82) is 0 Å². The lowest BCUT2D eigenvalue weighted by Gasteiger charge is -2.12. The highest BCUT2D eigenvalue weighted by atomic mass is 35.5. The Morgan fingerprint density at radius 1 is 0.971 bits per heavy atom. The minimum Gasteiger partial charge on any atom is -0.337 e. The summed E-state index contributed by atoms with van der Waals surface area (Å²) in [6, 6.07) is 14.9. The van der Waals surface area contributed by atoms with Crippen molar-refractivity contribution < 1.29 is 26.4 Å². The van der Waals surface area contributed by atoms with E-state index in [4.69, 9.17) is 23.2 Å². The summed E-state index contributed by atoms with van der Waals surface area (Å²) in [5, 5.41) is 3.07. The number of anilines is 1. The molecule has 0 saturated carbocycles. The second kappa shape index (κ2) is 8.98. The van der Waals surface area contributed by atoms with Gasteiger partial charge in [0.1, 0.15) is 6.54 Å². The number of amides is 1. The number of nitrogens with zero attached hydrogens (tertiary/aromatic N) is 1. The number of halogens is 5. The van der Waals surface area contributed by atoms with Gasteiger partial charge >= 0.3 is 6.18 Å². The van der Waals surface area contributed by atoms with Crippen LogP contribution in [0.3, 0.4) is 0 Å². The molecule has 34 heavy (non-hydrogen) atoms. The van der Waals surface area contributed by atoms with E-state index in [1.807, 2.05) is 0 Å². The Labute approximate surface area is 202 Å². The van der Waals surface area contributed by atoms with Crippen LogP contribution in [-0.2, 0) is 27.4 Å². The van der Waals surface area contributed by atoms with Crippen LogP contribution >= 0.6 is 23.2 Å². The van der Waals surface area contributed by atoms with Crippen LogP contribution in [0.2, 0.25) is 10.0 Å². The fraction of sp³-hybridized carbons (Fsp3) is 0.0870. The molecule has 0 aliphatic carbocycles. The van der Waals surface area contributed by atoms with E-state index in [0.717, 1.165) is 18.2 Å². The standard InChI is InChI=1S/C23H15Cl2F3N2O3S/c24-15-6-8-16(9-7-15)34(32,33)21-12-30(20-4-2-1-3-17(20)21)13-22(31)29-19-11-14(23(26,27)28)5-10-18(19)25/h1-12H,13H2,(H,29,31). The molecular weight excluding hydrogens is 512 g/mol. The monoisotopic (exact) mass is 526 g/mol. The molecule has 4 rings (SSSR count). The molecule has 11 heteroatoms. The normalized spacial score (nSPS) is 12.1. The average Bonchev–Trinajstić information content (AvgIpc) is 3.14. The summed E-state index contributed by atoms with van der Waals surface area (Å²) in [6.45, 7) is -0.358. The number of carbonyl (C=O) groups excluding carboxylic acids is 1. The van der Waals surface area contributed by atoms with Gasteiger partial charge in [0, 0.05) is 22.1 Å². The van der Waals surface area contributed by atoms with Crippen molar-refractivity contribution in [3.8, 4) is 0 Å². The third-order valence-corrected chi connectivity index (χ3v) is 7.43. The Bertz CT molecular complexity index is 1500. The highest BCUT2D eigenvalue weighted by molar-refractivity contribution is 7.91. The second-order valence-corrected chi connectivity index (χ2v) is 10.1. The first-order chi connectivity index (χ1) is 16.0. The van der Waals surface area contributed by atoms with Crippen LogP contribution < -0.4 is 5.32 Å². The Morgan fingerprint density at radius 2 is 1.65 bits per heavy atom. The number of hydrogen-bond acceptors (Lipinski definition) is 3. The molecule has 1 amide bonds. The van der Waals surface area contributed by atoms with E-state index in [0.29, 0.717) is 15.9 Å². The Kier molecular flexibility index (Phi) is 6.37. The number of carbonyl (C=O) groups is 1. The van der Waals surface area contributed by atoms with Crippen LogP contribution in [0.5, 0.6) is 0 Å². The molecule has 1 N–H and O–H groups in total. The van der Waals surface area contributed by atoms with Crippen molar-refractivity contribution >= 4 is 55.5 Å². The Balaban J connectivity index is 1.68. The van der Waals surface area contributed by atoms with E-state index in [1.165, 1.54) is 35.0 Å². The predicted octanol–water partition coefficient (Wildman–Crippen LogP) is 6.44. The quantitative estimate of drug-likeness (QED) is 0.325. The van der Waals surface area contributed by atoms with Gasteiger partial charge in [-0.05, 0) is 48.5 Å². The van der Waals surface area contributed by atoms with E-state index in [1.54, 1.807) is 24.3 Å². The molecule has 176 valence electrons. The first-order valence-electron chi connectivity index (χ1n) is 9.72. The van der Waals surface area contributed by atoms with E-state index in [-0.39, 0.29) is 27.0 Å². The predicted molar refractivity (Wildman–Crippen MR) is 124 cm³/mol. The van der Waals surface area contributed by atoms with Gasteiger partial charge in [-0.1, -0.05) is 41.4 Å². The largest absolute Gasteiger partial charge is 0.416 e. The molecule has 5 nitrogen and oxygen atoms in total. The van der Waals surface area contributed by atoms with Crippen LogP contribution in [0.15, 0.2) is 82.7 Å². The minimum atomic E-state index is -4.61. The van der Waals surface area contributed by atoms with Gasteiger partial charge in [0.15, 0.2) is 0 Å². The Hall–Kier alpha value is -3.01. The topological polar surface area (TPSA) is 68.2 Å². The molecule has 0 fully saturated rings. The number of nitrogens with one attached hydrogen (secondary N) is 1. The second-order valence-electron chi connectivity index (χ2n) is 7.34. The first-order valence-corrected chi connectivity index (χ1v) is 12.0. The number of hydrogen-bond donors (Lipinski definition) is 1. The maximum atomic E-state index is 13.2. The third kappa shape index (κ3) is 4.77. The van der Waals surface area contributed by atoms with Gasteiger partial charge in [0.2, 0.25) is 15.7 Å². The van der Waals surface area contributed by atoms with Crippen LogP contribution in [0.1, 0.15) is 5.56 Å². The summed E-state index contributed by atoms with van der Waals surface area (Å²) in [5.74, 6) is -0.683. The van der Waals surface area contributed by atoms with Crippen molar-refractivity contribution in [3.05, 3.63) is 88.5 Å². The van der Waals surface area contributed by atoms with Crippen LogP contribution in [-0.4, -0.2) is 18.9 Å². The van der Waals surface area contributed by atoms with Crippen molar-refractivity contribution in [2.24, 2.45) is 0 Å². The van der Waals surface area contributed by atoms with Gasteiger partial charge in [-0.15, -0.1) is 0 Å². The number of aromatic nitrogens is 1. The molecule has 0 unspecified atom stereocenters. The van der Waals surface area contributed by atoms with E-state index in [2.05, 4.69) is 5.32 Å². The summed E-state index contributed by atoms with van der Waals surface area (Å²) in [6.07, 6.45) is -3.28. The van der Waals surface area contributed by atoms with Crippen LogP contribution in [0.25, 0.3) is 10.9 Å². The van der Waals surface area contributed by atoms with Gasteiger partial charge in [-0.2, -0.15) is 13.2 Å². The highest BCUT2D eigenvalue weighted by Gasteiger charge is 2.31. The number of alkyl halides is 3. The molecule has 0 aliphatic heterocycles. The molecule has 0 radical (unpaired) electrons. The first kappa shape index (κ1) is 24.1. The van der Waals surface area contributed by atoms with E-state index < -0.39 is 27.5 Å². The molecule has 0 saturated heterocycles. The number of sulfone groups is 1. The van der Waals surface area contributed by atoms with Crippen molar-refractivity contribution in [3.63, 3.8) is 0 Å². The molecule has 4 aromatic rings. The third-order valence-electron chi connectivity index (χ3n) is 5.05. The van der Waals surface area contributed by atoms with Crippen LogP contribution in [0, 0.1) is 0 Å². The summed E-state index contributed by atoms with van der Waals surface area (Å²) in [5.41, 5.74) is -0.706. The molecule has 0 spiro atoms. The zero-order chi connectivity index (χ0) is 24.7. The smallest absolute Gasteiger partial charge is 0.337 e. The van der Waals surface area contributed by atoms with Crippen molar-refractivity contribution in [1.82, 2.24) is 4.57 Å². The van der Waals surface area contributed by atoms with Crippen LogP contribution in [0.4, 0.5) is 18.9 Å². The number of rotatable bonds is 5. The van der Waals surface area contributed by atoms with Gasteiger partial charge in [0.25, 0.3) is 0 Å². The number of fused-ring (bicyclic) bond motifs is 1. The molecule has 1 aromatic heterocycles. The lowest BCUT2D eigenvalue weighted by molar-refractivity contribution is -0.137.